The van der Waals surface area contributed by atoms with E-state index in [9.17, 15) is 13.6 Å². The van der Waals surface area contributed by atoms with Crippen LogP contribution in [0.1, 0.15) is 90.3 Å². The van der Waals surface area contributed by atoms with Gasteiger partial charge in [-0.2, -0.15) is 13.8 Å². The Morgan fingerprint density at radius 1 is 1.09 bits per heavy atom. The van der Waals surface area contributed by atoms with E-state index in [-0.39, 0.29) is 23.8 Å². The van der Waals surface area contributed by atoms with Crippen molar-refractivity contribution in [3.05, 3.63) is 46.9 Å². The van der Waals surface area contributed by atoms with Gasteiger partial charge in [0.05, 0.1) is 0 Å². The average molecular weight is 441 g/mol. The van der Waals surface area contributed by atoms with E-state index in [1.54, 1.807) is 12.1 Å². The highest BCUT2D eigenvalue weighted by molar-refractivity contribution is 5.99. The minimum absolute atomic E-state index is 0.00871. The van der Waals surface area contributed by atoms with Crippen molar-refractivity contribution in [2.45, 2.75) is 69.4 Å². The third-order valence-corrected chi connectivity index (χ3v) is 6.66. The summed E-state index contributed by atoms with van der Waals surface area (Å²) in [5.74, 6) is 1.01. The zero-order valence-electron chi connectivity index (χ0n) is 17.2. The first-order chi connectivity index (χ1) is 15.6. The lowest BCUT2D eigenvalue weighted by Gasteiger charge is -2.36. The molecule has 1 aliphatic heterocycles. The lowest BCUT2D eigenvalue weighted by Crippen LogP contribution is -2.42. The third kappa shape index (κ3) is 3.28. The predicted molar refractivity (Wildman–Crippen MR) is 106 cm³/mol. The van der Waals surface area contributed by atoms with E-state index in [4.69, 9.17) is 8.94 Å². The second kappa shape index (κ2) is 7.46. The molecule has 3 aromatic rings. The zero-order chi connectivity index (χ0) is 21.8. The molecule has 6 rings (SSSR count). The zero-order valence-corrected chi connectivity index (χ0v) is 17.2. The van der Waals surface area contributed by atoms with Crippen LogP contribution in [0.15, 0.2) is 27.1 Å². The molecule has 0 N–H and O–H groups in total. The smallest absolute Gasteiger partial charge is 0.314 e. The van der Waals surface area contributed by atoms with Crippen molar-refractivity contribution in [3.63, 3.8) is 0 Å². The van der Waals surface area contributed by atoms with Crippen molar-refractivity contribution in [1.29, 1.82) is 0 Å². The number of carbonyl (C=O) groups is 1. The molecule has 0 unspecified atom stereocenters. The Morgan fingerprint density at radius 3 is 2.72 bits per heavy atom. The number of amides is 1. The molecule has 2 aromatic heterocycles. The van der Waals surface area contributed by atoms with Gasteiger partial charge < -0.3 is 13.8 Å². The largest absolute Gasteiger partial charge is 0.415 e. The first-order valence-corrected chi connectivity index (χ1v) is 11.0. The minimum atomic E-state index is -2.84. The van der Waals surface area contributed by atoms with Crippen LogP contribution < -0.4 is 0 Å². The molecule has 166 valence electrons. The van der Waals surface area contributed by atoms with E-state index in [0.29, 0.717) is 35.3 Å². The molecule has 3 heterocycles. The first-order valence-electron chi connectivity index (χ1n) is 11.0. The van der Waals surface area contributed by atoms with Gasteiger partial charge in [-0.05, 0) is 43.4 Å². The molecule has 1 aromatic carbocycles. The number of alkyl halides is 2. The van der Waals surface area contributed by atoms with Gasteiger partial charge in [-0.1, -0.05) is 24.1 Å². The molecular formula is C22H21F2N5O3. The number of fused-ring (bicyclic) bond motifs is 1. The number of hydrogen-bond donors (Lipinski definition) is 0. The maximum atomic E-state index is 13.4. The molecule has 2 atom stereocenters. The molecule has 32 heavy (non-hydrogen) atoms. The van der Waals surface area contributed by atoms with Gasteiger partial charge in [0, 0.05) is 35.5 Å². The quantitative estimate of drug-likeness (QED) is 0.570. The van der Waals surface area contributed by atoms with Crippen LogP contribution in [0.2, 0.25) is 0 Å². The molecular weight excluding hydrogens is 420 g/mol. The second-order valence-electron chi connectivity index (χ2n) is 8.77. The fourth-order valence-electron chi connectivity index (χ4n) is 4.84. The van der Waals surface area contributed by atoms with Crippen LogP contribution >= 0.6 is 0 Å². The molecule has 2 aliphatic carbocycles. The Labute approximate surface area is 182 Å². The summed E-state index contributed by atoms with van der Waals surface area (Å²) >= 11 is 0. The van der Waals surface area contributed by atoms with Crippen molar-refractivity contribution in [2.24, 2.45) is 0 Å². The molecule has 1 amide bonds. The Bertz CT molecular complexity index is 1170. The first kappa shape index (κ1) is 19.5. The fraction of sp³-hybridized carbons (Fsp3) is 0.500. The monoisotopic (exact) mass is 441 g/mol. The fourth-order valence-corrected chi connectivity index (χ4v) is 4.84. The van der Waals surface area contributed by atoms with Gasteiger partial charge in [-0.25, -0.2) is 0 Å². The van der Waals surface area contributed by atoms with E-state index in [2.05, 4.69) is 20.3 Å². The highest BCUT2D eigenvalue weighted by atomic mass is 19.3. The number of hydrogen-bond acceptors (Lipinski definition) is 7. The van der Waals surface area contributed by atoms with Crippen molar-refractivity contribution in [2.75, 3.05) is 0 Å². The van der Waals surface area contributed by atoms with Gasteiger partial charge >= 0.3 is 6.43 Å². The lowest BCUT2D eigenvalue weighted by atomic mass is 9.83. The van der Waals surface area contributed by atoms with Crippen molar-refractivity contribution in [1.82, 2.24) is 25.2 Å². The van der Waals surface area contributed by atoms with Crippen LogP contribution in [0.5, 0.6) is 0 Å². The topological polar surface area (TPSA) is 98.2 Å². The van der Waals surface area contributed by atoms with E-state index in [0.717, 1.165) is 44.1 Å². The molecule has 0 radical (unpaired) electrons. The normalized spacial score (nSPS) is 23.2. The molecule has 0 spiro atoms. The van der Waals surface area contributed by atoms with Gasteiger partial charge in [0.15, 0.2) is 5.82 Å². The summed E-state index contributed by atoms with van der Waals surface area (Å²) in [5, 5.41) is 11.3. The lowest BCUT2D eigenvalue weighted by molar-refractivity contribution is 0.0620. The van der Waals surface area contributed by atoms with E-state index >= 15 is 0 Å². The summed E-state index contributed by atoms with van der Waals surface area (Å²) in [5.41, 5.74) is 1.88. The Morgan fingerprint density at radius 2 is 1.94 bits per heavy atom. The Hall–Kier alpha value is -3.17. The number of rotatable bonds is 5. The second-order valence-corrected chi connectivity index (χ2v) is 8.77. The maximum absolute atomic E-state index is 13.4. The summed E-state index contributed by atoms with van der Waals surface area (Å²) in [7, 11) is 0. The SMILES string of the molecule is O=C1c2cc(-c3nnc(C(F)F)o3)ccc2CN1[C@@H]1CCCC[C@H]1c1noc(C2CC2)n1. The van der Waals surface area contributed by atoms with Crippen molar-refractivity contribution >= 4 is 5.91 Å². The van der Waals surface area contributed by atoms with Crippen molar-refractivity contribution < 1.29 is 22.5 Å². The van der Waals surface area contributed by atoms with Crippen LogP contribution in [0.3, 0.4) is 0 Å². The van der Waals surface area contributed by atoms with Crippen molar-refractivity contribution in [3.8, 4) is 11.5 Å². The van der Waals surface area contributed by atoms with Crippen LogP contribution in [0.25, 0.3) is 11.5 Å². The number of nitrogens with zero attached hydrogens (tertiary/aromatic N) is 5. The standard InChI is InChI=1S/C22H21F2N5O3/c23-17(24)21-27-26-20(31-21)12-7-8-13-10-29(22(30)15(13)9-12)16-4-2-1-3-14(16)18-25-19(32-28-18)11-5-6-11/h7-9,11,14,16-17H,1-6,10H2/t14-,16-/m1/s1. The third-order valence-electron chi connectivity index (χ3n) is 6.66. The van der Waals surface area contributed by atoms with Crippen LogP contribution in [0, 0.1) is 0 Å². The Balaban J connectivity index is 1.27. The molecule has 10 heteroatoms. The van der Waals surface area contributed by atoms with E-state index in [1.165, 1.54) is 0 Å². The molecule has 0 saturated heterocycles. The van der Waals surface area contributed by atoms with Gasteiger partial charge in [0.2, 0.25) is 11.8 Å². The minimum Gasteiger partial charge on any atom is -0.415 e. The number of carbonyl (C=O) groups excluding carboxylic acids is 1. The summed E-state index contributed by atoms with van der Waals surface area (Å²) in [6, 6.07) is 5.19. The number of halogens is 2. The van der Waals surface area contributed by atoms with E-state index < -0.39 is 12.3 Å². The van der Waals surface area contributed by atoms with Crippen LogP contribution in [-0.2, 0) is 6.54 Å². The van der Waals surface area contributed by atoms with Gasteiger partial charge in [-0.3, -0.25) is 4.79 Å². The molecule has 3 aliphatic rings. The molecule has 8 nitrogen and oxygen atoms in total. The maximum Gasteiger partial charge on any atom is 0.314 e. The van der Waals surface area contributed by atoms with Crippen LogP contribution in [0.4, 0.5) is 8.78 Å². The number of benzene rings is 1. The van der Waals surface area contributed by atoms with Gasteiger partial charge in [0.25, 0.3) is 11.8 Å². The highest BCUT2D eigenvalue weighted by Crippen LogP contribution is 2.42. The summed E-state index contributed by atoms with van der Waals surface area (Å²) in [6.45, 7) is 0.495. The summed E-state index contributed by atoms with van der Waals surface area (Å²) < 4.78 is 36.1. The van der Waals surface area contributed by atoms with Gasteiger partial charge in [-0.15, -0.1) is 10.2 Å². The molecule has 2 saturated carbocycles. The number of aromatic nitrogens is 4. The average Bonchev–Trinajstić information content (AvgIpc) is 3.22. The predicted octanol–water partition coefficient (Wildman–Crippen LogP) is 4.62. The molecule has 0 bridgehead atoms. The van der Waals surface area contributed by atoms with Crippen LogP contribution in [-0.4, -0.2) is 37.2 Å². The van der Waals surface area contributed by atoms with E-state index in [1.807, 2.05) is 11.0 Å². The molecule has 2 fully saturated rings. The Kier molecular flexibility index (Phi) is 4.55. The summed E-state index contributed by atoms with van der Waals surface area (Å²) in [6.07, 6.45) is 3.25. The van der Waals surface area contributed by atoms with Gasteiger partial charge in [0.1, 0.15) is 0 Å². The highest BCUT2D eigenvalue weighted by Gasteiger charge is 2.41. The summed E-state index contributed by atoms with van der Waals surface area (Å²) in [4.78, 5) is 19.9.